The van der Waals surface area contributed by atoms with Gasteiger partial charge in [0.15, 0.2) is 5.11 Å². The Morgan fingerprint density at radius 1 is 1.33 bits per heavy atom. The molecule has 0 aliphatic carbocycles. The summed E-state index contributed by atoms with van der Waals surface area (Å²) in [6.45, 7) is 1.92. The van der Waals surface area contributed by atoms with Crippen LogP contribution in [0.15, 0.2) is 0 Å². The van der Waals surface area contributed by atoms with Gasteiger partial charge in [-0.2, -0.15) is 0 Å². The first-order valence-electron chi connectivity index (χ1n) is 3.81. The van der Waals surface area contributed by atoms with Crippen LogP contribution in [-0.2, 0) is 9.59 Å². The lowest BCUT2D eigenvalue weighted by Gasteiger charge is -2.21. The van der Waals surface area contributed by atoms with Gasteiger partial charge in [-0.15, -0.1) is 0 Å². The van der Waals surface area contributed by atoms with E-state index >= 15 is 0 Å². The monoisotopic (exact) mass is 186 g/mol. The fourth-order valence-corrected chi connectivity index (χ4v) is 1.30. The fraction of sp³-hybridized carbons (Fsp3) is 0.571. The predicted octanol–water partition coefficient (Wildman–Crippen LogP) is -0.0664. The number of rotatable bonds is 2. The molecule has 0 unspecified atom stereocenters. The normalized spacial score (nSPS) is 18.9. The Labute approximate surface area is 75.7 Å². The highest BCUT2D eigenvalue weighted by molar-refractivity contribution is 7.80. The molecule has 1 heterocycles. The smallest absolute Gasteiger partial charge is 0.238 e. The first kappa shape index (κ1) is 9.12. The maximum Gasteiger partial charge on any atom is 0.238 e. The van der Waals surface area contributed by atoms with Crippen molar-refractivity contribution in [3.8, 4) is 0 Å². The Morgan fingerprint density at radius 3 is 2.25 bits per heavy atom. The Kier molecular flexibility index (Phi) is 2.75. The minimum Gasteiger partial charge on any atom is -0.302 e. The third-order valence-corrected chi connectivity index (χ3v) is 1.89. The molecule has 2 amide bonds. The molecule has 5 heteroatoms. The summed E-state index contributed by atoms with van der Waals surface area (Å²) in [5.74, 6) is -1.14. The summed E-state index contributed by atoms with van der Waals surface area (Å²) in [5.41, 5.74) is 0. The molecule has 0 aromatic carbocycles. The van der Waals surface area contributed by atoms with Crippen molar-refractivity contribution in [2.24, 2.45) is 5.92 Å². The molecule has 0 radical (unpaired) electrons. The number of hydrogen-bond acceptors (Lipinski definition) is 3. The second kappa shape index (κ2) is 3.62. The fourth-order valence-electron chi connectivity index (χ4n) is 1.10. The minimum atomic E-state index is -0.568. The van der Waals surface area contributed by atoms with Crippen molar-refractivity contribution in [3.05, 3.63) is 0 Å². The molecule has 1 aliphatic rings. The summed E-state index contributed by atoms with van der Waals surface area (Å²) in [6.07, 6.45) is 1.37. The molecular formula is C7H10N2O2S. The van der Waals surface area contributed by atoms with Crippen LogP contribution in [0.25, 0.3) is 0 Å². The van der Waals surface area contributed by atoms with E-state index in [2.05, 4.69) is 22.9 Å². The van der Waals surface area contributed by atoms with Crippen LogP contribution in [0.1, 0.15) is 19.8 Å². The minimum absolute atomic E-state index is 0.109. The summed E-state index contributed by atoms with van der Waals surface area (Å²) < 4.78 is 0. The van der Waals surface area contributed by atoms with Gasteiger partial charge in [0.05, 0.1) is 0 Å². The topological polar surface area (TPSA) is 58.2 Å². The highest BCUT2D eigenvalue weighted by Gasteiger charge is 2.31. The van der Waals surface area contributed by atoms with Crippen LogP contribution in [0, 0.1) is 5.92 Å². The Morgan fingerprint density at radius 2 is 1.83 bits per heavy atom. The van der Waals surface area contributed by atoms with E-state index in [4.69, 9.17) is 0 Å². The van der Waals surface area contributed by atoms with Gasteiger partial charge >= 0.3 is 0 Å². The van der Waals surface area contributed by atoms with Gasteiger partial charge in [-0.25, -0.2) is 0 Å². The summed E-state index contributed by atoms with van der Waals surface area (Å²) in [6, 6.07) is 0. The molecule has 1 saturated heterocycles. The van der Waals surface area contributed by atoms with Crippen molar-refractivity contribution < 1.29 is 9.59 Å². The van der Waals surface area contributed by atoms with Crippen LogP contribution >= 0.6 is 12.2 Å². The lowest BCUT2D eigenvalue weighted by atomic mass is 10.0. The van der Waals surface area contributed by atoms with Crippen molar-refractivity contribution in [3.63, 3.8) is 0 Å². The SMILES string of the molecule is CCCC1C(=O)NC(=S)NC1=O. The average molecular weight is 186 g/mol. The number of carbonyl (C=O) groups is 2. The van der Waals surface area contributed by atoms with Crippen molar-refractivity contribution in [1.82, 2.24) is 10.6 Å². The molecule has 4 nitrogen and oxygen atoms in total. The maximum atomic E-state index is 11.1. The third kappa shape index (κ3) is 1.79. The van der Waals surface area contributed by atoms with Gasteiger partial charge in [-0.3, -0.25) is 9.59 Å². The number of hydrogen-bond donors (Lipinski definition) is 2. The average Bonchev–Trinajstić information content (AvgIpc) is 1.96. The molecular weight excluding hydrogens is 176 g/mol. The Bertz CT molecular complexity index is 220. The zero-order valence-electron chi connectivity index (χ0n) is 6.72. The maximum absolute atomic E-state index is 11.1. The van der Waals surface area contributed by atoms with E-state index in [0.717, 1.165) is 6.42 Å². The van der Waals surface area contributed by atoms with E-state index in [0.29, 0.717) is 6.42 Å². The lowest BCUT2D eigenvalue weighted by Crippen LogP contribution is -2.55. The van der Waals surface area contributed by atoms with Crippen LogP contribution in [0.4, 0.5) is 0 Å². The van der Waals surface area contributed by atoms with Gasteiger partial charge in [0.2, 0.25) is 11.8 Å². The molecule has 0 bridgehead atoms. The van der Waals surface area contributed by atoms with Crippen LogP contribution in [0.5, 0.6) is 0 Å². The van der Waals surface area contributed by atoms with Crippen LogP contribution in [-0.4, -0.2) is 16.9 Å². The standard InChI is InChI=1S/C7H10N2O2S/c1-2-3-4-5(10)8-7(12)9-6(4)11/h4H,2-3H2,1H3,(H2,8,9,10,11,12). The van der Waals surface area contributed by atoms with E-state index in [1.165, 1.54) is 0 Å². The van der Waals surface area contributed by atoms with Gasteiger partial charge in [-0.05, 0) is 18.6 Å². The van der Waals surface area contributed by atoms with E-state index in [-0.39, 0.29) is 16.9 Å². The summed E-state index contributed by atoms with van der Waals surface area (Å²) in [4.78, 5) is 22.3. The molecule has 0 saturated carbocycles. The Hall–Kier alpha value is -0.970. The molecule has 2 N–H and O–H groups in total. The Balaban J connectivity index is 2.67. The first-order valence-corrected chi connectivity index (χ1v) is 4.21. The van der Waals surface area contributed by atoms with Gasteiger partial charge in [0.25, 0.3) is 0 Å². The number of carbonyl (C=O) groups excluding carboxylic acids is 2. The lowest BCUT2D eigenvalue weighted by molar-refractivity contribution is -0.135. The molecule has 1 aliphatic heterocycles. The van der Waals surface area contributed by atoms with Crippen molar-refractivity contribution in [2.75, 3.05) is 0 Å². The molecule has 0 aromatic heterocycles. The van der Waals surface area contributed by atoms with Gasteiger partial charge < -0.3 is 10.6 Å². The van der Waals surface area contributed by atoms with E-state index < -0.39 is 5.92 Å². The van der Waals surface area contributed by atoms with E-state index in [9.17, 15) is 9.59 Å². The molecule has 0 aromatic rings. The number of nitrogens with one attached hydrogen (secondary N) is 2. The van der Waals surface area contributed by atoms with Gasteiger partial charge in [0.1, 0.15) is 5.92 Å². The van der Waals surface area contributed by atoms with Crippen molar-refractivity contribution in [2.45, 2.75) is 19.8 Å². The molecule has 1 fully saturated rings. The second-order valence-corrected chi connectivity index (χ2v) is 3.06. The molecule has 0 spiro atoms. The largest absolute Gasteiger partial charge is 0.302 e. The van der Waals surface area contributed by atoms with Crippen molar-refractivity contribution >= 4 is 29.1 Å². The molecule has 0 atom stereocenters. The summed E-state index contributed by atoms with van der Waals surface area (Å²) in [5, 5.41) is 4.92. The zero-order valence-corrected chi connectivity index (χ0v) is 7.53. The highest BCUT2D eigenvalue weighted by Crippen LogP contribution is 2.09. The number of thiocarbonyl (C=S) groups is 1. The highest BCUT2D eigenvalue weighted by atomic mass is 32.1. The van der Waals surface area contributed by atoms with Gasteiger partial charge in [-0.1, -0.05) is 13.3 Å². The number of amides is 2. The predicted molar refractivity (Wildman–Crippen MR) is 47.3 cm³/mol. The van der Waals surface area contributed by atoms with Crippen LogP contribution in [0.3, 0.4) is 0 Å². The molecule has 66 valence electrons. The molecule has 12 heavy (non-hydrogen) atoms. The van der Waals surface area contributed by atoms with E-state index in [1.54, 1.807) is 0 Å². The van der Waals surface area contributed by atoms with Gasteiger partial charge in [0, 0.05) is 0 Å². The third-order valence-electron chi connectivity index (χ3n) is 1.68. The van der Waals surface area contributed by atoms with E-state index in [1.807, 2.05) is 6.92 Å². The van der Waals surface area contributed by atoms with Crippen LogP contribution in [0.2, 0.25) is 0 Å². The van der Waals surface area contributed by atoms with Crippen LogP contribution < -0.4 is 10.6 Å². The zero-order chi connectivity index (χ0) is 9.14. The first-order chi connectivity index (χ1) is 5.65. The molecule has 1 rings (SSSR count). The van der Waals surface area contributed by atoms with Crippen molar-refractivity contribution in [1.29, 1.82) is 0 Å². The summed E-state index contributed by atoms with van der Waals surface area (Å²) >= 11 is 4.63. The second-order valence-electron chi connectivity index (χ2n) is 2.65. The quantitative estimate of drug-likeness (QED) is 0.469. The summed E-state index contributed by atoms with van der Waals surface area (Å²) in [7, 11) is 0.